The fourth-order valence-electron chi connectivity index (χ4n) is 0.688. The third-order valence-corrected chi connectivity index (χ3v) is 1.28. The summed E-state index contributed by atoms with van der Waals surface area (Å²) in [6.45, 7) is 0.318. The number of amides is 1. The van der Waals surface area contributed by atoms with E-state index in [1.54, 1.807) is 6.20 Å². The highest BCUT2D eigenvalue weighted by Gasteiger charge is 2.06. The van der Waals surface area contributed by atoms with Crippen LogP contribution in [0.4, 0.5) is 4.79 Å². The fraction of sp³-hybridized carbons (Fsp3) is 0.333. The summed E-state index contributed by atoms with van der Waals surface area (Å²) in [6.07, 6.45) is 2.23. The predicted octanol–water partition coefficient (Wildman–Crippen LogP) is 0.520. The van der Waals surface area contributed by atoms with Crippen molar-refractivity contribution in [2.75, 3.05) is 7.05 Å². The lowest BCUT2D eigenvalue weighted by Crippen LogP contribution is -2.23. The summed E-state index contributed by atoms with van der Waals surface area (Å²) in [5.74, 6) is 0. The molecule has 1 aromatic rings. The lowest BCUT2D eigenvalue weighted by molar-refractivity contribution is 0.153. The van der Waals surface area contributed by atoms with Crippen LogP contribution >= 0.6 is 0 Å². The Morgan fingerprint density at radius 1 is 1.91 bits per heavy atom. The van der Waals surface area contributed by atoms with Crippen LogP contribution in [0.3, 0.4) is 0 Å². The van der Waals surface area contributed by atoms with Gasteiger partial charge in [-0.25, -0.2) is 9.78 Å². The number of nitrogens with one attached hydrogen (secondary N) is 1. The molecular formula is C6H9N3O2. The van der Waals surface area contributed by atoms with Gasteiger partial charge in [0.15, 0.2) is 0 Å². The van der Waals surface area contributed by atoms with Crippen molar-refractivity contribution >= 4 is 6.09 Å². The van der Waals surface area contributed by atoms with Gasteiger partial charge in [0, 0.05) is 13.2 Å². The number of imidazole rings is 1. The molecule has 0 aliphatic carbocycles. The molecule has 0 aliphatic rings. The molecule has 1 heterocycles. The van der Waals surface area contributed by atoms with Crippen LogP contribution in [0.1, 0.15) is 5.69 Å². The maximum atomic E-state index is 10.3. The molecule has 60 valence electrons. The molecule has 0 saturated carbocycles. The maximum absolute atomic E-state index is 10.3. The highest BCUT2D eigenvalue weighted by Crippen LogP contribution is 1.96. The predicted molar refractivity (Wildman–Crippen MR) is 38.1 cm³/mol. The summed E-state index contributed by atoms with van der Waals surface area (Å²) in [5, 5.41) is 8.47. The summed E-state index contributed by atoms with van der Waals surface area (Å²) < 4.78 is 0. The van der Waals surface area contributed by atoms with E-state index in [2.05, 4.69) is 9.97 Å². The van der Waals surface area contributed by atoms with Gasteiger partial charge in [-0.1, -0.05) is 0 Å². The number of aromatic amines is 1. The first-order chi connectivity index (χ1) is 5.20. The van der Waals surface area contributed by atoms with E-state index in [4.69, 9.17) is 5.11 Å². The largest absolute Gasteiger partial charge is 0.465 e. The minimum Gasteiger partial charge on any atom is -0.465 e. The zero-order valence-corrected chi connectivity index (χ0v) is 6.11. The number of carbonyl (C=O) groups is 1. The van der Waals surface area contributed by atoms with Gasteiger partial charge in [-0.2, -0.15) is 0 Å². The van der Waals surface area contributed by atoms with Crippen LogP contribution in [0, 0.1) is 0 Å². The van der Waals surface area contributed by atoms with Crippen LogP contribution < -0.4 is 0 Å². The molecule has 2 N–H and O–H groups in total. The van der Waals surface area contributed by atoms with Gasteiger partial charge in [0.2, 0.25) is 0 Å². The second-order valence-corrected chi connectivity index (χ2v) is 2.20. The number of carboxylic acid groups (broad SMARTS) is 1. The van der Waals surface area contributed by atoms with E-state index in [0.29, 0.717) is 6.54 Å². The van der Waals surface area contributed by atoms with Gasteiger partial charge < -0.3 is 15.0 Å². The van der Waals surface area contributed by atoms with Crippen molar-refractivity contribution in [1.29, 1.82) is 0 Å². The molecule has 5 heteroatoms. The topological polar surface area (TPSA) is 69.2 Å². The lowest BCUT2D eigenvalue weighted by Gasteiger charge is -2.09. The maximum Gasteiger partial charge on any atom is 0.407 e. The Morgan fingerprint density at radius 2 is 2.64 bits per heavy atom. The molecule has 0 spiro atoms. The average molecular weight is 155 g/mol. The van der Waals surface area contributed by atoms with Crippen LogP contribution in [0.2, 0.25) is 0 Å². The quantitative estimate of drug-likeness (QED) is 0.654. The number of hydrogen-bond acceptors (Lipinski definition) is 2. The molecule has 1 rings (SSSR count). The highest BCUT2D eigenvalue weighted by molar-refractivity contribution is 5.64. The van der Waals surface area contributed by atoms with Gasteiger partial charge in [0.05, 0.1) is 18.6 Å². The lowest BCUT2D eigenvalue weighted by atomic mass is 10.4. The molecule has 0 aromatic carbocycles. The van der Waals surface area contributed by atoms with Gasteiger partial charge in [0.25, 0.3) is 0 Å². The van der Waals surface area contributed by atoms with Gasteiger partial charge in [-0.3, -0.25) is 0 Å². The zero-order chi connectivity index (χ0) is 8.27. The Morgan fingerprint density at radius 3 is 3.09 bits per heavy atom. The monoisotopic (exact) mass is 155 g/mol. The summed E-state index contributed by atoms with van der Waals surface area (Å²) in [4.78, 5) is 18.1. The first-order valence-corrected chi connectivity index (χ1v) is 3.12. The standard InChI is InChI=1S/C6H9N3O2/c1-9(6(10)11)3-5-2-7-4-8-5/h2,4H,3H2,1H3,(H,7,8)(H,10,11). The van der Waals surface area contributed by atoms with Gasteiger partial charge in [0.1, 0.15) is 0 Å². The summed E-state index contributed by atoms with van der Waals surface area (Å²) in [6, 6.07) is 0. The Hall–Kier alpha value is -1.52. The van der Waals surface area contributed by atoms with Crippen molar-refractivity contribution in [3.8, 4) is 0 Å². The third-order valence-electron chi connectivity index (χ3n) is 1.28. The smallest absolute Gasteiger partial charge is 0.407 e. The number of nitrogens with zero attached hydrogens (tertiary/aromatic N) is 2. The second kappa shape index (κ2) is 3.05. The molecule has 1 amide bonds. The number of rotatable bonds is 2. The minimum absolute atomic E-state index is 0.318. The molecule has 0 aliphatic heterocycles. The van der Waals surface area contributed by atoms with Crippen LogP contribution in [0.5, 0.6) is 0 Å². The summed E-state index contributed by atoms with van der Waals surface area (Å²) in [7, 11) is 1.50. The van der Waals surface area contributed by atoms with Gasteiger partial charge >= 0.3 is 6.09 Å². The van der Waals surface area contributed by atoms with E-state index in [1.807, 2.05) is 0 Å². The molecular weight excluding hydrogens is 146 g/mol. The first kappa shape index (κ1) is 7.59. The van der Waals surface area contributed by atoms with Crippen molar-refractivity contribution < 1.29 is 9.90 Å². The third kappa shape index (κ3) is 1.96. The Balaban J connectivity index is 2.50. The number of aromatic nitrogens is 2. The number of hydrogen-bond donors (Lipinski definition) is 2. The van der Waals surface area contributed by atoms with E-state index < -0.39 is 6.09 Å². The fourth-order valence-corrected chi connectivity index (χ4v) is 0.688. The molecule has 0 unspecified atom stereocenters. The zero-order valence-electron chi connectivity index (χ0n) is 6.11. The van der Waals surface area contributed by atoms with Gasteiger partial charge in [-0.15, -0.1) is 0 Å². The Bertz CT molecular complexity index is 232. The summed E-state index contributed by atoms with van der Waals surface area (Å²) >= 11 is 0. The van der Waals surface area contributed by atoms with Crippen LogP contribution in [-0.2, 0) is 6.54 Å². The van der Waals surface area contributed by atoms with Crippen molar-refractivity contribution in [2.24, 2.45) is 0 Å². The van der Waals surface area contributed by atoms with Crippen LogP contribution in [-0.4, -0.2) is 33.1 Å². The van der Waals surface area contributed by atoms with Crippen molar-refractivity contribution in [1.82, 2.24) is 14.9 Å². The molecule has 0 fully saturated rings. The Labute approximate surface area is 63.7 Å². The normalized spacial score (nSPS) is 9.55. The molecule has 0 atom stereocenters. The van der Waals surface area contributed by atoms with Gasteiger partial charge in [-0.05, 0) is 0 Å². The highest BCUT2D eigenvalue weighted by atomic mass is 16.4. The van der Waals surface area contributed by atoms with E-state index in [9.17, 15) is 4.79 Å². The molecule has 1 aromatic heterocycles. The molecule has 5 nitrogen and oxygen atoms in total. The van der Waals surface area contributed by atoms with E-state index in [-0.39, 0.29) is 0 Å². The van der Waals surface area contributed by atoms with Crippen molar-refractivity contribution in [3.05, 3.63) is 18.2 Å². The average Bonchev–Trinajstić information content (AvgIpc) is 2.39. The minimum atomic E-state index is -0.951. The number of H-pyrrole nitrogens is 1. The molecule has 11 heavy (non-hydrogen) atoms. The summed E-state index contributed by atoms with van der Waals surface area (Å²) in [5.41, 5.74) is 0.718. The molecule has 0 saturated heterocycles. The first-order valence-electron chi connectivity index (χ1n) is 3.12. The second-order valence-electron chi connectivity index (χ2n) is 2.20. The van der Waals surface area contributed by atoms with Crippen molar-refractivity contribution in [3.63, 3.8) is 0 Å². The SMILES string of the molecule is CN(Cc1c[nH]cn1)C(=O)O. The van der Waals surface area contributed by atoms with E-state index in [1.165, 1.54) is 13.4 Å². The molecule has 0 bridgehead atoms. The van der Waals surface area contributed by atoms with E-state index >= 15 is 0 Å². The van der Waals surface area contributed by atoms with Crippen LogP contribution in [0.25, 0.3) is 0 Å². The van der Waals surface area contributed by atoms with Crippen molar-refractivity contribution in [2.45, 2.75) is 6.54 Å². The van der Waals surface area contributed by atoms with Crippen LogP contribution in [0.15, 0.2) is 12.5 Å². The van der Waals surface area contributed by atoms with E-state index in [0.717, 1.165) is 10.6 Å². The Kier molecular flexibility index (Phi) is 2.10. The molecule has 0 radical (unpaired) electrons.